The second kappa shape index (κ2) is 9.06. The SMILES string of the molecule is CCN1CCN(C(=O)c2c(C)noc2C)CC(Cc2ccc(-c3cccs3)cc2)C1=O. The molecule has 1 atom stereocenters. The third-order valence-corrected chi connectivity index (χ3v) is 6.82. The van der Waals surface area contributed by atoms with Gasteiger partial charge in [-0.1, -0.05) is 35.5 Å². The second-order valence-electron chi connectivity index (χ2n) is 7.94. The van der Waals surface area contributed by atoms with Crippen molar-refractivity contribution in [2.75, 3.05) is 26.2 Å². The number of amides is 2. The van der Waals surface area contributed by atoms with Gasteiger partial charge < -0.3 is 14.3 Å². The number of thiophene rings is 1. The maximum absolute atomic E-state index is 13.2. The Bertz CT molecular complexity index is 1040. The number of aromatic nitrogens is 1. The highest BCUT2D eigenvalue weighted by molar-refractivity contribution is 7.13. The van der Waals surface area contributed by atoms with Gasteiger partial charge in [0.1, 0.15) is 11.3 Å². The summed E-state index contributed by atoms with van der Waals surface area (Å²) in [6, 6.07) is 12.5. The summed E-state index contributed by atoms with van der Waals surface area (Å²) >= 11 is 1.71. The molecule has 0 saturated carbocycles. The molecule has 0 aliphatic carbocycles. The number of hydrogen-bond acceptors (Lipinski definition) is 5. The van der Waals surface area contributed by atoms with E-state index in [2.05, 4.69) is 40.9 Å². The molecule has 2 amide bonds. The van der Waals surface area contributed by atoms with Crippen LogP contribution in [0.5, 0.6) is 0 Å². The van der Waals surface area contributed by atoms with Crippen LogP contribution < -0.4 is 0 Å². The summed E-state index contributed by atoms with van der Waals surface area (Å²) in [5.74, 6) is 0.240. The summed E-state index contributed by atoms with van der Waals surface area (Å²) in [7, 11) is 0. The predicted molar refractivity (Wildman–Crippen MR) is 121 cm³/mol. The Morgan fingerprint density at radius 1 is 1.19 bits per heavy atom. The van der Waals surface area contributed by atoms with Crippen LogP contribution in [0.2, 0.25) is 0 Å². The van der Waals surface area contributed by atoms with E-state index in [0.29, 0.717) is 49.6 Å². The van der Waals surface area contributed by atoms with Crippen LogP contribution >= 0.6 is 11.3 Å². The Kier molecular flexibility index (Phi) is 6.23. The molecule has 3 heterocycles. The van der Waals surface area contributed by atoms with Crippen molar-refractivity contribution >= 4 is 23.2 Å². The molecule has 6 nitrogen and oxygen atoms in total. The quantitative estimate of drug-likeness (QED) is 0.601. The Hall–Kier alpha value is -2.93. The molecule has 1 aliphatic heterocycles. The van der Waals surface area contributed by atoms with Gasteiger partial charge in [0, 0.05) is 31.1 Å². The fourth-order valence-corrected chi connectivity index (χ4v) is 4.91. The molecule has 4 rings (SSSR count). The van der Waals surface area contributed by atoms with Crippen molar-refractivity contribution in [3.63, 3.8) is 0 Å². The number of rotatable bonds is 5. The molecule has 1 aromatic carbocycles. The Morgan fingerprint density at radius 3 is 2.58 bits per heavy atom. The summed E-state index contributed by atoms with van der Waals surface area (Å²) < 4.78 is 5.19. The van der Waals surface area contributed by atoms with Crippen molar-refractivity contribution in [3.05, 3.63) is 64.4 Å². The van der Waals surface area contributed by atoms with E-state index in [0.717, 1.165) is 5.56 Å². The van der Waals surface area contributed by atoms with Crippen molar-refractivity contribution in [1.29, 1.82) is 0 Å². The molecular weight excluding hydrogens is 410 g/mol. The standard InChI is InChI=1S/C24H27N3O3S/c1-4-26-11-12-27(24(29)22-16(2)25-30-17(22)3)15-20(23(26)28)14-18-7-9-19(10-8-18)21-6-5-13-31-21/h5-10,13,20H,4,11-12,14-15H2,1-3H3. The van der Waals surface area contributed by atoms with Crippen LogP contribution in [0.15, 0.2) is 46.3 Å². The van der Waals surface area contributed by atoms with Crippen LogP contribution in [0, 0.1) is 19.8 Å². The van der Waals surface area contributed by atoms with Gasteiger partial charge in [0.05, 0.1) is 11.6 Å². The largest absolute Gasteiger partial charge is 0.361 e. The molecule has 2 aromatic heterocycles. The predicted octanol–water partition coefficient (Wildman–Crippen LogP) is 4.18. The number of hydrogen-bond donors (Lipinski definition) is 0. The number of carbonyl (C=O) groups is 2. The number of aryl methyl sites for hydroxylation is 2. The van der Waals surface area contributed by atoms with E-state index in [-0.39, 0.29) is 17.7 Å². The molecule has 0 N–H and O–H groups in total. The third kappa shape index (κ3) is 4.42. The molecule has 7 heteroatoms. The average molecular weight is 438 g/mol. The van der Waals surface area contributed by atoms with E-state index < -0.39 is 0 Å². The molecule has 1 saturated heterocycles. The molecule has 3 aromatic rings. The lowest BCUT2D eigenvalue weighted by molar-refractivity contribution is -0.134. The molecule has 1 aliphatic rings. The van der Waals surface area contributed by atoms with Gasteiger partial charge in [-0.15, -0.1) is 11.3 Å². The minimum atomic E-state index is -0.278. The highest BCUT2D eigenvalue weighted by Gasteiger charge is 2.33. The van der Waals surface area contributed by atoms with Gasteiger partial charge >= 0.3 is 0 Å². The van der Waals surface area contributed by atoms with E-state index >= 15 is 0 Å². The normalized spacial score (nSPS) is 17.1. The molecule has 1 unspecified atom stereocenters. The lowest BCUT2D eigenvalue weighted by Crippen LogP contribution is -2.38. The minimum absolute atomic E-state index is 0.110. The van der Waals surface area contributed by atoms with Crippen molar-refractivity contribution in [2.45, 2.75) is 27.2 Å². The Balaban J connectivity index is 1.55. The highest BCUT2D eigenvalue weighted by Crippen LogP contribution is 2.26. The number of carbonyl (C=O) groups excluding carboxylic acids is 2. The maximum atomic E-state index is 13.2. The fraction of sp³-hybridized carbons (Fsp3) is 0.375. The van der Waals surface area contributed by atoms with Crippen molar-refractivity contribution in [2.24, 2.45) is 5.92 Å². The van der Waals surface area contributed by atoms with Gasteiger partial charge in [-0.2, -0.15) is 0 Å². The topological polar surface area (TPSA) is 66.7 Å². The van der Waals surface area contributed by atoms with E-state index in [9.17, 15) is 9.59 Å². The van der Waals surface area contributed by atoms with Gasteiger partial charge in [-0.3, -0.25) is 9.59 Å². The van der Waals surface area contributed by atoms with Gasteiger partial charge in [0.15, 0.2) is 0 Å². The molecule has 31 heavy (non-hydrogen) atoms. The maximum Gasteiger partial charge on any atom is 0.259 e. The lowest BCUT2D eigenvalue weighted by atomic mass is 9.96. The summed E-state index contributed by atoms with van der Waals surface area (Å²) in [6.07, 6.45) is 0.603. The first kappa shape index (κ1) is 21.3. The van der Waals surface area contributed by atoms with Crippen LogP contribution in [0.3, 0.4) is 0 Å². The summed E-state index contributed by atoms with van der Waals surface area (Å²) in [5.41, 5.74) is 3.38. The van der Waals surface area contributed by atoms with E-state index in [4.69, 9.17) is 4.52 Å². The number of benzene rings is 1. The smallest absolute Gasteiger partial charge is 0.259 e. The van der Waals surface area contributed by atoms with Crippen molar-refractivity contribution in [3.8, 4) is 10.4 Å². The molecule has 0 bridgehead atoms. The van der Waals surface area contributed by atoms with Crippen LogP contribution in [-0.2, 0) is 11.2 Å². The zero-order valence-corrected chi connectivity index (χ0v) is 18.9. The second-order valence-corrected chi connectivity index (χ2v) is 8.89. The Labute approximate surface area is 186 Å². The molecule has 0 spiro atoms. The summed E-state index contributed by atoms with van der Waals surface area (Å²) in [5, 5.41) is 5.99. The zero-order chi connectivity index (χ0) is 22.0. The zero-order valence-electron chi connectivity index (χ0n) is 18.1. The Morgan fingerprint density at radius 2 is 1.97 bits per heavy atom. The third-order valence-electron chi connectivity index (χ3n) is 5.90. The van der Waals surface area contributed by atoms with Crippen LogP contribution in [-0.4, -0.2) is 52.9 Å². The lowest BCUT2D eigenvalue weighted by Gasteiger charge is -2.23. The van der Waals surface area contributed by atoms with Crippen LogP contribution in [0.25, 0.3) is 10.4 Å². The summed E-state index contributed by atoms with van der Waals surface area (Å²) in [4.78, 5) is 31.3. The van der Waals surface area contributed by atoms with E-state index in [1.54, 1.807) is 30.1 Å². The molecule has 0 radical (unpaired) electrons. The van der Waals surface area contributed by atoms with E-state index in [1.165, 1.54) is 10.4 Å². The molecule has 162 valence electrons. The molecule has 1 fully saturated rings. The van der Waals surface area contributed by atoms with Crippen LogP contribution in [0.4, 0.5) is 0 Å². The number of nitrogens with zero attached hydrogens (tertiary/aromatic N) is 3. The van der Waals surface area contributed by atoms with Gasteiger partial charge in [0.2, 0.25) is 5.91 Å². The average Bonchev–Trinajstić information content (AvgIpc) is 3.39. The molecular formula is C24H27N3O3S. The van der Waals surface area contributed by atoms with Gasteiger partial charge in [-0.25, -0.2) is 0 Å². The van der Waals surface area contributed by atoms with Crippen molar-refractivity contribution < 1.29 is 14.1 Å². The first-order valence-electron chi connectivity index (χ1n) is 10.6. The highest BCUT2D eigenvalue weighted by atomic mass is 32.1. The summed E-state index contributed by atoms with van der Waals surface area (Å²) in [6.45, 7) is 7.59. The first-order valence-corrected chi connectivity index (χ1v) is 11.5. The van der Waals surface area contributed by atoms with E-state index in [1.807, 2.05) is 17.9 Å². The van der Waals surface area contributed by atoms with Gasteiger partial charge in [-0.05, 0) is 49.8 Å². The van der Waals surface area contributed by atoms with Gasteiger partial charge in [0.25, 0.3) is 5.91 Å². The number of likely N-dealkylation sites (N-methyl/N-ethyl adjacent to an activating group) is 1. The van der Waals surface area contributed by atoms with Crippen molar-refractivity contribution in [1.82, 2.24) is 15.0 Å². The monoisotopic (exact) mass is 437 g/mol. The fourth-order valence-electron chi connectivity index (χ4n) is 4.17. The first-order chi connectivity index (χ1) is 15.0. The van der Waals surface area contributed by atoms with Crippen LogP contribution in [0.1, 0.15) is 34.3 Å². The minimum Gasteiger partial charge on any atom is -0.361 e.